The van der Waals surface area contributed by atoms with E-state index in [1.54, 1.807) is 12.1 Å². The van der Waals surface area contributed by atoms with E-state index in [0.717, 1.165) is 31.5 Å². The van der Waals surface area contributed by atoms with Crippen LogP contribution in [0.1, 0.15) is 18.4 Å². The topological polar surface area (TPSA) is 53.9 Å². The predicted molar refractivity (Wildman–Crippen MR) is 80.7 cm³/mol. The molecule has 0 saturated carbocycles. The third kappa shape index (κ3) is 3.21. The Balaban J connectivity index is 1.89. The Bertz CT molecular complexity index is 658. The predicted octanol–water partition coefficient (Wildman–Crippen LogP) is 3.32. The first-order valence-electron chi connectivity index (χ1n) is 6.81. The van der Waals surface area contributed by atoms with Crippen LogP contribution >= 0.6 is 11.6 Å². The van der Waals surface area contributed by atoms with Crippen LogP contribution < -0.4 is 10.2 Å². The van der Waals surface area contributed by atoms with Crippen LogP contribution in [0.3, 0.4) is 0 Å². The molecule has 5 nitrogen and oxygen atoms in total. The van der Waals surface area contributed by atoms with Gasteiger partial charge in [-0.05, 0) is 49.1 Å². The van der Waals surface area contributed by atoms with Crippen LogP contribution in [0, 0.1) is 12.7 Å². The van der Waals surface area contributed by atoms with Gasteiger partial charge in [0.15, 0.2) is 0 Å². The average molecular weight is 308 g/mol. The number of rotatable bonds is 3. The van der Waals surface area contributed by atoms with Crippen LogP contribution in [0.15, 0.2) is 18.2 Å². The van der Waals surface area contributed by atoms with Gasteiger partial charge in [-0.15, -0.1) is 0 Å². The second-order valence-electron chi connectivity index (χ2n) is 5.03. The van der Waals surface area contributed by atoms with Gasteiger partial charge in [0.05, 0.1) is 5.69 Å². The first-order valence-corrected chi connectivity index (χ1v) is 7.19. The molecule has 0 atom stereocenters. The summed E-state index contributed by atoms with van der Waals surface area (Å²) in [6, 6.07) is 4.81. The maximum atomic E-state index is 13.8. The van der Waals surface area contributed by atoms with Gasteiger partial charge >= 0.3 is 0 Å². The number of nitrogens with one attached hydrogen (secondary N) is 1. The molecule has 2 heterocycles. The second kappa shape index (κ2) is 5.81. The molecule has 0 spiro atoms. The first-order chi connectivity index (χ1) is 10.1. The van der Waals surface area contributed by atoms with Crippen molar-refractivity contribution in [1.29, 1.82) is 0 Å². The second-order valence-corrected chi connectivity index (χ2v) is 5.37. The van der Waals surface area contributed by atoms with E-state index in [4.69, 9.17) is 11.6 Å². The fourth-order valence-electron chi connectivity index (χ4n) is 2.31. The van der Waals surface area contributed by atoms with E-state index in [2.05, 4.69) is 20.3 Å². The molecule has 0 bridgehead atoms. The van der Waals surface area contributed by atoms with Gasteiger partial charge in [0.1, 0.15) is 5.82 Å². The number of nitrogens with zero attached hydrogens (tertiary/aromatic N) is 4. The fourth-order valence-corrected chi connectivity index (χ4v) is 2.47. The minimum Gasteiger partial charge on any atom is -0.341 e. The van der Waals surface area contributed by atoms with E-state index in [1.165, 1.54) is 6.07 Å². The maximum Gasteiger partial charge on any atom is 0.233 e. The van der Waals surface area contributed by atoms with Gasteiger partial charge in [-0.1, -0.05) is 6.07 Å². The van der Waals surface area contributed by atoms with Crippen LogP contribution in [0.2, 0.25) is 5.28 Å². The molecule has 0 unspecified atom stereocenters. The van der Waals surface area contributed by atoms with Crippen LogP contribution in [0.25, 0.3) is 0 Å². The Hall–Kier alpha value is -1.95. The number of hydrogen-bond donors (Lipinski definition) is 1. The summed E-state index contributed by atoms with van der Waals surface area (Å²) in [5, 5.41) is 2.97. The van der Waals surface area contributed by atoms with Gasteiger partial charge in [0, 0.05) is 13.1 Å². The normalized spacial score (nSPS) is 14.5. The van der Waals surface area contributed by atoms with E-state index in [1.807, 2.05) is 11.8 Å². The van der Waals surface area contributed by atoms with Gasteiger partial charge in [-0.2, -0.15) is 15.0 Å². The molecular formula is C14H15ClFN5. The summed E-state index contributed by atoms with van der Waals surface area (Å²) < 4.78 is 13.8. The van der Waals surface area contributed by atoms with Gasteiger partial charge < -0.3 is 10.2 Å². The molecule has 7 heteroatoms. The molecule has 0 aliphatic carbocycles. The molecule has 1 N–H and O–H groups in total. The van der Waals surface area contributed by atoms with Crippen molar-refractivity contribution in [2.24, 2.45) is 0 Å². The summed E-state index contributed by atoms with van der Waals surface area (Å²) >= 11 is 5.94. The smallest absolute Gasteiger partial charge is 0.233 e. The lowest BCUT2D eigenvalue weighted by molar-refractivity contribution is 0.631. The molecule has 1 aliphatic heterocycles. The molecule has 1 fully saturated rings. The van der Waals surface area contributed by atoms with Crippen molar-refractivity contribution in [2.75, 3.05) is 23.3 Å². The van der Waals surface area contributed by atoms with Crippen LogP contribution in [-0.2, 0) is 0 Å². The summed E-state index contributed by atoms with van der Waals surface area (Å²) in [6.07, 6.45) is 2.22. The number of halogens is 2. The molecule has 2 aromatic rings. The highest BCUT2D eigenvalue weighted by Crippen LogP contribution is 2.22. The standard InChI is InChI=1S/C14H15ClFN5/c1-9-4-5-10(16)11(8-9)17-13-18-12(15)19-14(20-13)21-6-2-3-7-21/h4-5,8H,2-3,6-7H2,1H3,(H,17,18,19,20). The van der Waals surface area contributed by atoms with E-state index in [9.17, 15) is 4.39 Å². The Labute approximate surface area is 127 Å². The van der Waals surface area contributed by atoms with Crippen molar-refractivity contribution in [2.45, 2.75) is 19.8 Å². The quantitative estimate of drug-likeness (QED) is 0.942. The monoisotopic (exact) mass is 307 g/mol. The Kier molecular flexibility index (Phi) is 3.88. The molecule has 0 amide bonds. The fraction of sp³-hybridized carbons (Fsp3) is 0.357. The highest BCUT2D eigenvalue weighted by atomic mass is 35.5. The average Bonchev–Trinajstić information content (AvgIpc) is 2.96. The first kappa shape index (κ1) is 14.0. The summed E-state index contributed by atoms with van der Waals surface area (Å²) in [6.45, 7) is 3.69. The minimum atomic E-state index is -0.361. The molecule has 1 aliphatic rings. The van der Waals surface area contributed by atoms with Crippen molar-refractivity contribution < 1.29 is 4.39 Å². The van der Waals surface area contributed by atoms with Crippen molar-refractivity contribution >= 4 is 29.2 Å². The van der Waals surface area contributed by atoms with Crippen LogP contribution in [-0.4, -0.2) is 28.0 Å². The van der Waals surface area contributed by atoms with Crippen molar-refractivity contribution in [3.63, 3.8) is 0 Å². The van der Waals surface area contributed by atoms with Crippen LogP contribution in [0.5, 0.6) is 0 Å². The third-order valence-electron chi connectivity index (χ3n) is 3.35. The molecule has 1 aromatic heterocycles. The largest absolute Gasteiger partial charge is 0.341 e. The zero-order valence-corrected chi connectivity index (χ0v) is 12.4. The molecule has 21 heavy (non-hydrogen) atoms. The number of benzene rings is 1. The van der Waals surface area contributed by atoms with Gasteiger partial charge in [0.2, 0.25) is 17.2 Å². The molecule has 0 radical (unpaired) electrons. The lowest BCUT2D eigenvalue weighted by atomic mass is 10.2. The Morgan fingerprint density at radius 3 is 2.71 bits per heavy atom. The number of hydrogen-bond acceptors (Lipinski definition) is 5. The summed E-state index contributed by atoms with van der Waals surface area (Å²) in [5.41, 5.74) is 1.27. The van der Waals surface area contributed by atoms with Gasteiger partial charge in [0.25, 0.3) is 0 Å². The van der Waals surface area contributed by atoms with E-state index >= 15 is 0 Å². The molecule has 110 valence electrons. The Morgan fingerprint density at radius 2 is 1.95 bits per heavy atom. The zero-order valence-electron chi connectivity index (χ0n) is 11.6. The number of aromatic nitrogens is 3. The molecule has 1 saturated heterocycles. The summed E-state index contributed by atoms with van der Waals surface area (Å²) in [4.78, 5) is 14.5. The SMILES string of the molecule is Cc1ccc(F)c(Nc2nc(Cl)nc(N3CCCC3)n2)c1. The highest BCUT2D eigenvalue weighted by molar-refractivity contribution is 6.28. The minimum absolute atomic E-state index is 0.0995. The van der Waals surface area contributed by atoms with Crippen LogP contribution in [0.4, 0.5) is 22.0 Å². The van der Waals surface area contributed by atoms with Crippen molar-refractivity contribution in [1.82, 2.24) is 15.0 Å². The third-order valence-corrected chi connectivity index (χ3v) is 3.52. The van der Waals surface area contributed by atoms with E-state index < -0.39 is 0 Å². The molecular weight excluding hydrogens is 293 g/mol. The molecule has 3 rings (SSSR count). The Morgan fingerprint density at radius 1 is 1.19 bits per heavy atom. The maximum absolute atomic E-state index is 13.8. The van der Waals surface area contributed by atoms with E-state index in [-0.39, 0.29) is 17.0 Å². The summed E-state index contributed by atoms with van der Waals surface area (Å²) in [7, 11) is 0. The molecule has 1 aromatic carbocycles. The van der Waals surface area contributed by atoms with Crippen molar-refractivity contribution in [3.05, 3.63) is 34.9 Å². The number of aryl methyl sites for hydroxylation is 1. The lowest BCUT2D eigenvalue weighted by Gasteiger charge is -2.16. The van der Waals surface area contributed by atoms with Gasteiger partial charge in [-0.3, -0.25) is 0 Å². The summed E-state index contributed by atoms with van der Waals surface area (Å²) in [5.74, 6) is 0.421. The lowest BCUT2D eigenvalue weighted by Crippen LogP contribution is -2.21. The highest BCUT2D eigenvalue weighted by Gasteiger charge is 2.17. The number of anilines is 3. The van der Waals surface area contributed by atoms with Gasteiger partial charge in [-0.25, -0.2) is 4.39 Å². The van der Waals surface area contributed by atoms with Crippen molar-refractivity contribution in [3.8, 4) is 0 Å². The van der Waals surface area contributed by atoms with E-state index in [0.29, 0.717) is 11.6 Å². The zero-order chi connectivity index (χ0) is 14.8.